The van der Waals surface area contributed by atoms with Gasteiger partial charge in [0.1, 0.15) is 11.1 Å². The maximum Gasteiger partial charge on any atom is 0.114 e. The predicted molar refractivity (Wildman–Crippen MR) is 54.6 cm³/mol. The molecule has 0 aliphatic rings. The molecule has 0 saturated heterocycles. The van der Waals surface area contributed by atoms with Crippen LogP contribution in [0.4, 0.5) is 0 Å². The highest BCUT2D eigenvalue weighted by Gasteiger charge is 2.06. The van der Waals surface area contributed by atoms with Crippen molar-refractivity contribution in [3.63, 3.8) is 0 Å². The Hall–Kier alpha value is -1.01. The van der Waals surface area contributed by atoms with Crippen LogP contribution in [0.5, 0.6) is 0 Å². The summed E-state index contributed by atoms with van der Waals surface area (Å²) in [5.41, 5.74) is 0.674. The Bertz CT molecular complexity index is 317. The number of rotatable bonds is 3. The zero-order valence-corrected chi connectivity index (χ0v) is 8.64. The number of thioether (sulfide) groups is 1. The van der Waals surface area contributed by atoms with Crippen LogP contribution in [0.15, 0.2) is 23.4 Å². The molecule has 1 atom stereocenters. The highest BCUT2D eigenvalue weighted by Crippen LogP contribution is 2.25. The summed E-state index contributed by atoms with van der Waals surface area (Å²) in [4.78, 5) is 4.18. The molecule has 1 heterocycles. The summed E-state index contributed by atoms with van der Waals surface area (Å²) in [7, 11) is 0. The van der Waals surface area contributed by atoms with E-state index in [0.29, 0.717) is 10.8 Å². The van der Waals surface area contributed by atoms with Crippen LogP contribution in [0.3, 0.4) is 0 Å². The predicted octanol–water partition coefficient (Wildman–Crippen LogP) is 2.84. The lowest BCUT2D eigenvalue weighted by Crippen LogP contribution is -1.95. The van der Waals surface area contributed by atoms with Crippen molar-refractivity contribution in [3.8, 4) is 6.07 Å². The minimum atomic E-state index is 0.516. The second kappa shape index (κ2) is 4.88. The van der Waals surface area contributed by atoms with Gasteiger partial charge in [-0.25, -0.2) is 4.98 Å². The first-order valence-corrected chi connectivity index (χ1v) is 5.17. The first-order valence-electron chi connectivity index (χ1n) is 4.29. The van der Waals surface area contributed by atoms with Crippen LogP contribution in [0.1, 0.15) is 25.8 Å². The second-order valence-electron chi connectivity index (χ2n) is 2.80. The monoisotopic (exact) mass is 192 g/mol. The third kappa shape index (κ3) is 2.74. The van der Waals surface area contributed by atoms with E-state index in [-0.39, 0.29) is 0 Å². The fourth-order valence-electron chi connectivity index (χ4n) is 0.844. The van der Waals surface area contributed by atoms with Gasteiger partial charge in [-0.3, -0.25) is 0 Å². The van der Waals surface area contributed by atoms with Gasteiger partial charge in [0.05, 0.1) is 5.56 Å². The molecule has 68 valence electrons. The van der Waals surface area contributed by atoms with E-state index in [1.807, 2.05) is 0 Å². The van der Waals surface area contributed by atoms with Gasteiger partial charge in [-0.2, -0.15) is 5.26 Å². The highest BCUT2D eigenvalue weighted by molar-refractivity contribution is 7.99. The smallest absolute Gasteiger partial charge is 0.114 e. The molecule has 0 amide bonds. The summed E-state index contributed by atoms with van der Waals surface area (Å²) in [6.45, 7) is 4.27. The minimum Gasteiger partial charge on any atom is -0.249 e. The van der Waals surface area contributed by atoms with Crippen molar-refractivity contribution in [1.82, 2.24) is 4.98 Å². The standard InChI is InChI=1S/C10H12N2S/c1-3-8(2)13-10-9(7-11)5-4-6-12-10/h4-6,8H,3H2,1-2H3. The number of nitrogens with zero attached hydrogens (tertiary/aromatic N) is 2. The van der Waals surface area contributed by atoms with Crippen LogP contribution in [0.2, 0.25) is 0 Å². The van der Waals surface area contributed by atoms with Crippen LogP contribution in [-0.4, -0.2) is 10.2 Å². The Balaban J connectivity index is 2.82. The molecule has 0 radical (unpaired) electrons. The Morgan fingerprint density at radius 2 is 2.46 bits per heavy atom. The molecule has 0 fully saturated rings. The number of hydrogen-bond acceptors (Lipinski definition) is 3. The molecule has 1 rings (SSSR count). The van der Waals surface area contributed by atoms with E-state index in [0.717, 1.165) is 11.4 Å². The summed E-state index contributed by atoms with van der Waals surface area (Å²) in [6.07, 6.45) is 2.82. The van der Waals surface area contributed by atoms with Gasteiger partial charge < -0.3 is 0 Å². The molecule has 3 heteroatoms. The molecule has 1 unspecified atom stereocenters. The molecule has 1 aromatic rings. The highest BCUT2D eigenvalue weighted by atomic mass is 32.2. The molecular weight excluding hydrogens is 180 g/mol. The van der Waals surface area contributed by atoms with Crippen LogP contribution in [-0.2, 0) is 0 Å². The Kier molecular flexibility index (Phi) is 3.78. The molecular formula is C10H12N2S. The molecule has 0 aromatic carbocycles. The maximum atomic E-state index is 8.80. The Morgan fingerprint density at radius 1 is 1.69 bits per heavy atom. The molecule has 2 nitrogen and oxygen atoms in total. The van der Waals surface area contributed by atoms with E-state index in [4.69, 9.17) is 5.26 Å². The quantitative estimate of drug-likeness (QED) is 0.691. The average molecular weight is 192 g/mol. The molecule has 0 saturated carbocycles. The van der Waals surface area contributed by atoms with Crippen molar-refractivity contribution in [1.29, 1.82) is 5.26 Å². The molecule has 1 aromatic heterocycles. The van der Waals surface area contributed by atoms with Crippen molar-refractivity contribution < 1.29 is 0 Å². The summed E-state index contributed by atoms with van der Waals surface area (Å²) in [5.74, 6) is 0. The SMILES string of the molecule is CCC(C)Sc1ncccc1C#N. The first kappa shape index (κ1) is 10.1. The van der Waals surface area contributed by atoms with E-state index < -0.39 is 0 Å². The second-order valence-corrected chi connectivity index (χ2v) is 4.23. The van der Waals surface area contributed by atoms with Crippen molar-refractivity contribution in [2.45, 2.75) is 30.5 Å². The van der Waals surface area contributed by atoms with Crippen molar-refractivity contribution in [3.05, 3.63) is 23.9 Å². The van der Waals surface area contributed by atoms with E-state index in [2.05, 4.69) is 24.9 Å². The van der Waals surface area contributed by atoms with Gasteiger partial charge in [0.15, 0.2) is 0 Å². The molecule has 13 heavy (non-hydrogen) atoms. The Morgan fingerprint density at radius 3 is 3.08 bits per heavy atom. The van der Waals surface area contributed by atoms with Crippen LogP contribution in [0, 0.1) is 11.3 Å². The minimum absolute atomic E-state index is 0.516. The molecule has 0 N–H and O–H groups in total. The lowest BCUT2D eigenvalue weighted by atomic mass is 10.3. The maximum absolute atomic E-state index is 8.80. The van der Waals surface area contributed by atoms with Gasteiger partial charge >= 0.3 is 0 Å². The van der Waals surface area contributed by atoms with E-state index in [9.17, 15) is 0 Å². The summed E-state index contributed by atoms with van der Waals surface area (Å²) in [5, 5.41) is 10.2. The summed E-state index contributed by atoms with van der Waals surface area (Å²) in [6, 6.07) is 5.74. The van der Waals surface area contributed by atoms with Gasteiger partial charge in [-0.15, -0.1) is 11.8 Å². The zero-order valence-electron chi connectivity index (χ0n) is 7.82. The molecule has 0 spiro atoms. The third-order valence-corrected chi connectivity index (χ3v) is 3.06. The number of nitriles is 1. The van der Waals surface area contributed by atoms with Crippen molar-refractivity contribution in [2.24, 2.45) is 0 Å². The van der Waals surface area contributed by atoms with Crippen LogP contribution in [0.25, 0.3) is 0 Å². The van der Waals surface area contributed by atoms with Crippen molar-refractivity contribution >= 4 is 11.8 Å². The number of pyridine rings is 1. The fraction of sp³-hybridized carbons (Fsp3) is 0.400. The Labute approximate surface area is 83.0 Å². The van der Waals surface area contributed by atoms with E-state index >= 15 is 0 Å². The van der Waals surface area contributed by atoms with Gasteiger partial charge in [-0.1, -0.05) is 13.8 Å². The molecule has 0 aliphatic heterocycles. The van der Waals surface area contributed by atoms with E-state index in [1.54, 1.807) is 30.1 Å². The fourth-order valence-corrected chi connectivity index (χ4v) is 1.75. The summed E-state index contributed by atoms with van der Waals surface area (Å²) < 4.78 is 0. The largest absolute Gasteiger partial charge is 0.249 e. The lowest BCUT2D eigenvalue weighted by molar-refractivity contribution is 0.900. The number of aromatic nitrogens is 1. The third-order valence-electron chi connectivity index (χ3n) is 1.78. The van der Waals surface area contributed by atoms with Crippen LogP contribution >= 0.6 is 11.8 Å². The van der Waals surface area contributed by atoms with Crippen LogP contribution < -0.4 is 0 Å². The molecule has 0 aliphatic carbocycles. The number of hydrogen-bond donors (Lipinski definition) is 0. The zero-order chi connectivity index (χ0) is 9.68. The van der Waals surface area contributed by atoms with Gasteiger partial charge in [0.25, 0.3) is 0 Å². The van der Waals surface area contributed by atoms with E-state index in [1.165, 1.54) is 0 Å². The first-order chi connectivity index (χ1) is 6.27. The van der Waals surface area contributed by atoms with Gasteiger partial charge in [0.2, 0.25) is 0 Å². The summed E-state index contributed by atoms with van der Waals surface area (Å²) >= 11 is 1.66. The normalized spacial score (nSPS) is 12.1. The average Bonchev–Trinajstić information content (AvgIpc) is 2.18. The molecule has 0 bridgehead atoms. The van der Waals surface area contributed by atoms with Crippen molar-refractivity contribution in [2.75, 3.05) is 0 Å². The lowest BCUT2D eigenvalue weighted by Gasteiger charge is -2.07. The van der Waals surface area contributed by atoms with Gasteiger partial charge in [0, 0.05) is 11.4 Å². The topological polar surface area (TPSA) is 36.7 Å². The van der Waals surface area contributed by atoms with Gasteiger partial charge in [-0.05, 0) is 18.6 Å².